The fourth-order valence-corrected chi connectivity index (χ4v) is 1.60. The lowest BCUT2D eigenvalue weighted by Crippen LogP contribution is -2.14. The predicted octanol–water partition coefficient (Wildman–Crippen LogP) is 3.62. The topological polar surface area (TPSA) is 81.5 Å². The highest BCUT2D eigenvalue weighted by molar-refractivity contribution is 5.84. The number of hydrogen-bond donors (Lipinski definition) is 1. The summed E-state index contributed by atoms with van der Waals surface area (Å²) in [6, 6.07) is 8.00. The number of halogens is 2. The molecule has 1 amide bonds. The highest BCUT2D eigenvalue weighted by atomic mass is 19.1. The Bertz CT molecular complexity index is 704. The van der Waals surface area contributed by atoms with Gasteiger partial charge in [-0.3, -0.25) is 15.4 Å². The van der Waals surface area contributed by atoms with Crippen molar-refractivity contribution >= 4 is 17.5 Å². The molecular formula is C14H10F2N2O4. The van der Waals surface area contributed by atoms with Gasteiger partial charge >= 0.3 is 6.09 Å². The maximum absolute atomic E-state index is 13.3. The van der Waals surface area contributed by atoms with Gasteiger partial charge in [-0.05, 0) is 29.8 Å². The first-order valence-corrected chi connectivity index (χ1v) is 6.08. The Morgan fingerprint density at radius 1 is 1.18 bits per heavy atom. The number of nitrogens with one attached hydrogen (secondary N) is 1. The first-order chi connectivity index (χ1) is 10.5. The Morgan fingerprint density at radius 3 is 2.50 bits per heavy atom. The Hall–Kier alpha value is -3.03. The molecule has 2 aromatic rings. The zero-order chi connectivity index (χ0) is 16.1. The third-order valence-electron chi connectivity index (χ3n) is 2.68. The second-order valence-corrected chi connectivity index (χ2v) is 4.25. The van der Waals surface area contributed by atoms with Crippen LogP contribution in [0.4, 0.5) is 25.0 Å². The first-order valence-electron chi connectivity index (χ1n) is 6.08. The molecule has 0 spiro atoms. The smallest absolute Gasteiger partial charge is 0.412 e. The van der Waals surface area contributed by atoms with Crippen LogP contribution in [0.25, 0.3) is 0 Å². The first kappa shape index (κ1) is 15.4. The van der Waals surface area contributed by atoms with Crippen LogP contribution in [-0.4, -0.2) is 11.0 Å². The number of carbonyl (C=O) groups excluding carboxylic acids is 1. The number of carbonyl (C=O) groups is 1. The van der Waals surface area contributed by atoms with Crippen LogP contribution in [0.1, 0.15) is 5.56 Å². The average Bonchev–Trinajstić information content (AvgIpc) is 2.49. The van der Waals surface area contributed by atoms with Gasteiger partial charge in [0.15, 0.2) is 0 Å². The van der Waals surface area contributed by atoms with Crippen molar-refractivity contribution in [1.82, 2.24) is 0 Å². The molecule has 0 aliphatic rings. The second kappa shape index (κ2) is 6.61. The zero-order valence-electron chi connectivity index (χ0n) is 11.1. The van der Waals surface area contributed by atoms with Crippen LogP contribution in [-0.2, 0) is 11.3 Å². The molecule has 0 fully saturated rings. The number of benzene rings is 2. The molecule has 2 rings (SSSR count). The lowest BCUT2D eigenvalue weighted by Gasteiger charge is -2.08. The quantitative estimate of drug-likeness (QED) is 0.691. The summed E-state index contributed by atoms with van der Waals surface area (Å²) >= 11 is 0. The van der Waals surface area contributed by atoms with Gasteiger partial charge in [0.2, 0.25) is 0 Å². The summed E-state index contributed by atoms with van der Waals surface area (Å²) in [4.78, 5) is 21.4. The van der Waals surface area contributed by atoms with Gasteiger partial charge in [0.1, 0.15) is 18.2 Å². The van der Waals surface area contributed by atoms with E-state index in [1.54, 1.807) is 0 Å². The van der Waals surface area contributed by atoms with Crippen molar-refractivity contribution in [3.05, 3.63) is 69.8 Å². The summed E-state index contributed by atoms with van der Waals surface area (Å²) < 4.78 is 31.1. The van der Waals surface area contributed by atoms with E-state index in [1.807, 2.05) is 0 Å². The number of rotatable bonds is 4. The fraction of sp³-hybridized carbons (Fsp3) is 0.0714. The fourth-order valence-electron chi connectivity index (χ4n) is 1.60. The van der Waals surface area contributed by atoms with E-state index in [9.17, 15) is 23.7 Å². The molecule has 8 heteroatoms. The summed E-state index contributed by atoms with van der Waals surface area (Å²) in [6.07, 6.45) is -0.970. The van der Waals surface area contributed by atoms with Crippen molar-refractivity contribution in [3.8, 4) is 0 Å². The van der Waals surface area contributed by atoms with Gasteiger partial charge in [-0.25, -0.2) is 13.6 Å². The Labute approximate surface area is 123 Å². The van der Waals surface area contributed by atoms with E-state index in [0.29, 0.717) is 5.56 Å². The lowest BCUT2D eigenvalue weighted by atomic mass is 10.2. The standard InChI is InChI=1S/C14H10F2N2O4/c15-10-3-6-12(16)13(7-10)17-14(19)22-8-9-1-4-11(5-2-9)18(20)21/h1-7H,8H2,(H,17,19). The minimum Gasteiger partial charge on any atom is -0.444 e. The molecule has 0 radical (unpaired) electrons. The van der Waals surface area contributed by atoms with Crippen LogP contribution >= 0.6 is 0 Å². The molecule has 22 heavy (non-hydrogen) atoms. The van der Waals surface area contributed by atoms with Crippen molar-refractivity contribution in [2.24, 2.45) is 0 Å². The summed E-state index contributed by atoms with van der Waals surface area (Å²) in [5, 5.41) is 12.6. The van der Waals surface area contributed by atoms with Gasteiger partial charge < -0.3 is 4.74 Å². The van der Waals surface area contributed by atoms with Crippen molar-refractivity contribution in [2.45, 2.75) is 6.61 Å². The third kappa shape index (κ3) is 3.98. The highest BCUT2D eigenvalue weighted by Crippen LogP contribution is 2.16. The van der Waals surface area contributed by atoms with Gasteiger partial charge in [-0.1, -0.05) is 0 Å². The van der Waals surface area contributed by atoms with Crippen molar-refractivity contribution in [1.29, 1.82) is 0 Å². The SMILES string of the molecule is O=C(Nc1cc(F)ccc1F)OCc1ccc([N+](=O)[O-])cc1. The van der Waals surface area contributed by atoms with Crippen LogP contribution in [0.15, 0.2) is 42.5 Å². The number of nitrogens with zero attached hydrogens (tertiary/aromatic N) is 1. The summed E-state index contributed by atoms with van der Waals surface area (Å²) in [7, 11) is 0. The molecule has 0 aromatic heterocycles. The normalized spacial score (nSPS) is 10.1. The highest BCUT2D eigenvalue weighted by Gasteiger charge is 2.10. The van der Waals surface area contributed by atoms with Gasteiger partial charge in [0.05, 0.1) is 10.6 Å². The van der Waals surface area contributed by atoms with Crippen LogP contribution < -0.4 is 5.32 Å². The number of nitro benzene ring substituents is 1. The van der Waals surface area contributed by atoms with Crippen molar-refractivity contribution < 1.29 is 23.2 Å². The molecule has 0 heterocycles. The molecule has 1 N–H and O–H groups in total. The maximum Gasteiger partial charge on any atom is 0.412 e. The molecule has 0 saturated carbocycles. The molecule has 0 saturated heterocycles. The van der Waals surface area contributed by atoms with E-state index >= 15 is 0 Å². The molecule has 6 nitrogen and oxygen atoms in total. The molecule has 2 aromatic carbocycles. The van der Waals surface area contributed by atoms with Gasteiger partial charge in [-0.2, -0.15) is 0 Å². The van der Waals surface area contributed by atoms with Crippen molar-refractivity contribution in [2.75, 3.05) is 5.32 Å². The number of anilines is 1. The lowest BCUT2D eigenvalue weighted by molar-refractivity contribution is -0.384. The monoisotopic (exact) mass is 308 g/mol. The molecule has 0 aliphatic heterocycles. The van der Waals surface area contributed by atoms with Gasteiger partial charge in [0.25, 0.3) is 5.69 Å². The van der Waals surface area contributed by atoms with E-state index in [-0.39, 0.29) is 18.0 Å². The molecular weight excluding hydrogens is 298 g/mol. The zero-order valence-corrected chi connectivity index (χ0v) is 11.1. The van der Waals surface area contributed by atoms with Gasteiger partial charge in [-0.15, -0.1) is 0 Å². The average molecular weight is 308 g/mol. The number of nitro groups is 1. The van der Waals surface area contributed by atoms with E-state index in [0.717, 1.165) is 18.2 Å². The number of amides is 1. The predicted molar refractivity (Wildman–Crippen MR) is 73.3 cm³/mol. The second-order valence-electron chi connectivity index (χ2n) is 4.25. The maximum atomic E-state index is 13.3. The summed E-state index contributed by atoms with van der Waals surface area (Å²) in [6.45, 7) is -0.166. The van der Waals surface area contributed by atoms with E-state index < -0.39 is 22.7 Å². The number of non-ortho nitro benzene ring substituents is 1. The van der Waals surface area contributed by atoms with Crippen LogP contribution in [0, 0.1) is 21.7 Å². The minimum atomic E-state index is -0.970. The van der Waals surface area contributed by atoms with Gasteiger partial charge in [0, 0.05) is 18.2 Å². The largest absolute Gasteiger partial charge is 0.444 e. The van der Waals surface area contributed by atoms with Crippen LogP contribution in [0.3, 0.4) is 0 Å². The molecule has 0 aliphatic carbocycles. The Balaban J connectivity index is 1.92. The molecule has 0 unspecified atom stereocenters. The van der Waals surface area contributed by atoms with E-state index in [1.165, 1.54) is 24.3 Å². The minimum absolute atomic E-state index is 0.0879. The molecule has 0 atom stereocenters. The molecule has 114 valence electrons. The van der Waals surface area contributed by atoms with Crippen molar-refractivity contribution in [3.63, 3.8) is 0 Å². The Kier molecular flexibility index (Phi) is 4.62. The third-order valence-corrected chi connectivity index (χ3v) is 2.68. The summed E-state index contributed by atoms with van der Waals surface area (Å²) in [5.74, 6) is -1.50. The van der Waals surface area contributed by atoms with Crippen LogP contribution in [0.2, 0.25) is 0 Å². The Morgan fingerprint density at radius 2 is 1.86 bits per heavy atom. The summed E-state index contributed by atoms with van der Waals surface area (Å²) in [5.41, 5.74) is 0.0872. The van der Waals surface area contributed by atoms with Crippen LogP contribution in [0.5, 0.6) is 0 Å². The number of hydrogen-bond acceptors (Lipinski definition) is 4. The van der Waals surface area contributed by atoms with E-state index in [2.05, 4.69) is 5.32 Å². The number of ether oxygens (including phenoxy) is 1. The van der Waals surface area contributed by atoms with E-state index in [4.69, 9.17) is 4.74 Å². The molecule has 0 bridgehead atoms.